The molecular formula is C17H22N2O3. The normalized spacial score (nSPS) is 15.5. The molecule has 0 bridgehead atoms. The van der Waals surface area contributed by atoms with Gasteiger partial charge in [0.05, 0.1) is 12.3 Å². The minimum atomic E-state index is -0.0640. The van der Waals surface area contributed by atoms with E-state index in [1.165, 1.54) is 0 Å². The number of carbonyl (C=O) groups is 1. The minimum absolute atomic E-state index is 0.0626. The van der Waals surface area contributed by atoms with E-state index in [0.29, 0.717) is 31.7 Å². The standard InChI is InChI=1S/C17H22N2O3/c1-13-6-7-14(21)12-16(19(13)9-8-18)15-4-2-3-5-17(15)22-11-10-20/h2-5,12,20H,1,6-11,18H2. The van der Waals surface area contributed by atoms with Gasteiger partial charge in [-0.15, -0.1) is 0 Å². The largest absolute Gasteiger partial charge is 0.490 e. The molecule has 1 aliphatic rings. The summed E-state index contributed by atoms with van der Waals surface area (Å²) in [4.78, 5) is 14.0. The summed E-state index contributed by atoms with van der Waals surface area (Å²) in [5, 5.41) is 8.96. The number of ketones is 1. The Balaban J connectivity index is 2.45. The summed E-state index contributed by atoms with van der Waals surface area (Å²) in [6.45, 7) is 5.27. The summed E-state index contributed by atoms with van der Waals surface area (Å²) in [6.07, 6.45) is 2.70. The van der Waals surface area contributed by atoms with Crippen LogP contribution in [0.5, 0.6) is 5.75 Å². The lowest BCUT2D eigenvalue weighted by Crippen LogP contribution is -2.27. The first-order valence-electron chi connectivity index (χ1n) is 7.40. The Labute approximate surface area is 130 Å². The zero-order chi connectivity index (χ0) is 15.9. The van der Waals surface area contributed by atoms with Gasteiger partial charge >= 0.3 is 0 Å². The number of ether oxygens (including phenoxy) is 1. The van der Waals surface area contributed by atoms with Crippen LogP contribution in [0.2, 0.25) is 0 Å². The maximum Gasteiger partial charge on any atom is 0.158 e. The van der Waals surface area contributed by atoms with E-state index in [9.17, 15) is 4.79 Å². The van der Waals surface area contributed by atoms with Gasteiger partial charge in [-0.05, 0) is 18.6 Å². The maximum atomic E-state index is 12.0. The lowest BCUT2D eigenvalue weighted by Gasteiger charge is -2.28. The summed E-state index contributed by atoms with van der Waals surface area (Å²) in [5.41, 5.74) is 8.14. The summed E-state index contributed by atoms with van der Waals surface area (Å²) < 4.78 is 5.59. The molecule has 5 nitrogen and oxygen atoms in total. The Morgan fingerprint density at radius 1 is 1.32 bits per heavy atom. The Hall–Kier alpha value is -2.11. The molecule has 1 aromatic rings. The first-order valence-corrected chi connectivity index (χ1v) is 7.40. The Morgan fingerprint density at radius 2 is 2.09 bits per heavy atom. The molecule has 0 radical (unpaired) electrons. The van der Waals surface area contributed by atoms with Crippen LogP contribution >= 0.6 is 0 Å². The van der Waals surface area contributed by atoms with Gasteiger partial charge in [-0.3, -0.25) is 4.79 Å². The molecule has 1 heterocycles. The van der Waals surface area contributed by atoms with Gasteiger partial charge in [-0.2, -0.15) is 0 Å². The smallest absolute Gasteiger partial charge is 0.158 e. The van der Waals surface area contributed by atoms with Crippen LogP contribution in [0.15, 0.2) is 42.6 Å². The summed E-state index contributed by atoms with van der Waals surface area (Å²) >= 11 is 0. The monoisotopic (exact) mass is 302 g/mol. The highest BCUT2D eigenvalue weighted by Crippen LogP contribution is 2.33. The van der Waals surface area contributed by atoms with E-state index in [1.54, 1.807) is 6.08 Å². The van der Waals surface area contributed by atoms with Gasteiger partial charge < -0.3 is 20.5 Å². The van der Waals surface area contributed by atoms with E-state index in [4.69, 9.17) is 15.6 Å². The third-order valence-corrected chi connectivity index (χ3v) is 3.49. The van der Waals surface area contributed by atoms with Crippen molar-refractivity contribution < 1.29 is 14.6 Å². The molecule has 0 atom stereocenters. The van der Waals surface area contributed by atoms with Crippen molar-refractivity contribution in [3.63, 3.8) is 0 Å². The number of nitrogens with two attached hydrogens (primary N) is 1. The predicted molar refractivity (Wildman–Crippen MR) is 86.1 cm³/mol. The molecule has 0 saturated carbocycles. The highest BCUT2D eigenvalue weighted by atomic mass is 16.5. The zero-order valence-electron chi connectivity index (χ0n) is 12.6. The molecule has 22 heavy (non-hydrogen) atoms. The number of allylic oxidation sites excluding steroid dienone is 2. The minimum Gasteiger partial charge on any atom is -0.490 e. The summed E-state index contributed by atoms with van der Waals surface area (Å²) in [5.74, 6) is 0.694. The van der Waals surface area contributed by atoms with Crippen molar-refractivity contribution in [1.29, 1.82) is 0 Å². The van der Waals surface area contributed by atoms with Gasteiger partial charge in [0, 0.05) is 36.8 Å². The van der Waals surface area contributed by atoms with Crippen molar-refractivity contribution in [2.75, 3.05) is 26.3 Å². The highest BCUT2D eigenvalue weighted by Gasteiger charge is 2.22. The number of aliphatic hydroxyl groups is 1. The molecule has 3 N–H and O–H groups in total. The second-order valence-electron chi connectivity index (χ2n) is 5.07. The molecule has 0 fully saturated rings. The number of rotatable bonds is 6. The van der Waals surface area contributed by atoms with Crippen molar-refractivity contribution >= 4 is 11.5 Å². The average Bonchev–Trinajstić information content (AvgIpc) is 2.67. The van der Waals surface area contributed by atoms with Crippen molar-refractivity contribution in [3.05, 3.63) is 48.2 Å². The Kier molecular flexibility index (Phi) is 5.75. The average molecular weight is 302 g/mol. The lowest BCUT2D eigenvalue weighted by atomic mass is 10.1. The SMILES string of the molecule is C=C1CCC(=O)C=C(c2ccccc2OCCO)N1CCN. The third-order valence-electron chi connectivity index (χ3n) is 3.49. The molecule has 0 aromatic heterocycles. The van der Waals surface area contributed by atoms with Crippen LogP contribution in [-0.4, -0.2) is 42.1 Å². The topological polar surface area (TPSA) is 75.8 Å². The van der Waals surface area contributed by atoms with Crippen LogP contribution in [-0.2, 0) is 4.79 Å². The van der Waals surface area contributed by atoms with E-state index in [1.807, 2.05) is 29.2 Å². The van der Waals surface area contributed by atoms with Gasteiger partial charge in [-0.25, -0.2) is 0 Å². The molecule has 5 heteroatoms. The third kappa shape index (κ3) is 3.75. The fourth-order valence-electron chi connectivity index (χ4n) is 2.47. The van der Waals surface area contributed by atoms with Crippen LogP contribution in [0.1, 0.15) is 18.4 Å². The van der Waals surface area contributed by atoms with Gasteiger partial charge in [0.15, 0.2) is 5.78 Å². The van der Waals surface area contributed by atoms with E-state index in [2.05, 4.69) is 6.58 Å². The molecule has 0 aliphatic carbocycles. The van der Waals surface area contributed by atoms with E-state index >= 15 is 0 Å². The Morgan fingerprint density at radius 3 is 2.82 bits per heavy atom. The van der Waals surface area contributed by atoms with E-state index < -0.39 is 0 Å². The number of benzene rings is 1. The van der Waals surface area contributed by atoms with Crippen molar-refractivity contribution in [1.82, 2.24) is 4.90 Å². The fourth-order valence-corrected chi connectivity index (χ4v) is 2.47. The molecule has 1 aromatic carbocycles. The van der Waals surface area contributed by atoms with Crippen LogP contribution in [0, 0.1) is 0 Å². The first kappa shape index (κ1) is 16.3. The molecule has 0 amide bonds. The predicted octanol–water partition coefficient (Wildman–Crippen LogP) is 1.54. The number of hydrogen-bond donors (Lipinski definition) is 2. The molecular weight excluding hydrogens is 280 g/mol. The Bertz CT molecular complexity index is 581. The van der Waals surface area contributed by atoms with Gasteiger partial charge in [-0.1, -0.05) is 18.7 Å². The van der Waals surface area contributed by atoms with E-state index in [-0.39, 0.29) is 19.0 Å². The van der Waals surface area contributed by atoms with Crippen LogP contribution in [0.25, 0.3) is 5.70 Å². The zero-order valence-corrected chi connectivity index (χ0v) is 12.6. The number of para-hydroxylation sites is 1. The molecule has 118 valence electrons. The lowest BCUT2D eigenvalue weighted by molar-refractivity contribution is -0.114. The summed E-state index contributed by atoms with van der Waals surface area (Å²) in [6, 6.07) is 7.47. The highest BCUT2D eigenvalue weighted by molar-refractivity contribution is 5.98. The number of carbonyl (C=O) groups excluding carboxylic acids is 1. The number of nitrogens with zero attached hydrogens (tertiary/aromatic N) is 1. The second kappa shape index (κ2) is 7.77. The van der Waals surface area contributed by atoms with Crippen LogP contribution in [0.3, 0.4) is 0 Å². The maximum absolute atomic E-state index is 12.0. The molecule has 2 rings (SSSR count). The molecule has 0 spiro atoms. The van der Waals surface area contributed by atoms with Crippen molar-refractivity contribution in [2.45, 2.75) is 12.8 Å². The van der Waals surface area contributed by atoms with Crippen molar-refractivity contribution in [2.24, 2.45) is 5.73 Å². The van der Waals surface area contributed by atoms with Gasteiger partial charge in [0.1, 0.15) is 12.4 Å². The fraction of sp³-hybridized carbons (Fsp3) is 0.353. The number of aliphatic hydroxyl groups excluding tert-OH is 1. The van der Waals surface area contributed by atoms with Gasteiger partial charge in [0.2, 0.25) is 0 Å². The number of hydrogen-bond acceptors (Lipinski definition) is 5. The van der Waals surface area contributed by atoms with E-state index in [0.717, 1.165) is 17.0 Å². The molecule has 0 saturated heterocycles. The van der Waals surface area contributed by atoms with Crippen molar-refractivity contribution in [3.8, 4) is 5.75 Å². The van der Waals surface area contributed by atoms with Crippen LogP contribution < -0.4 is 10.5 Å². The first-order chi connectivity index (χ1) is 10.7. The molecule has 1 aliphatic heterocycles. The second-order valence-corrected chi connectivity index (χ2v) is 5.07. The summed E-state index contributed by atoms with van der Waals surface area (Å²) in [7, 11) is 0. The van der Waals surface area contributed by atoms with Crippen LogP contribution in [0.4, 0.5) is 0 Å². The quantitative estimate of drug-likeness (QED) is 0.833. The molecule has 0 unspecified atom stereocenters. The van der Waals surface area contributed by atoms with Gasteiger partial charge in [0.25, 0.3) is 0 Å².